The molecule has 0 amide bonds. The number of hydrogen-bond acceptors (Lipinski definition) is 3. The summed E-state index contributed by atoms with van der Waals surface area (Å²) in [5.74, 6) is 1.19. The minimum atomic E-state index is -1.12. The first-order valence-corrected chi connectivity index (χ1v) is 12.8. The zero-order valence-electron chi connectivity index (χ0n) is 16.4. The summed E-state index contributed by atoms with van der Waals surface area (Å²) in [6.45, 7) is 11.9. The van der Waals surface area contributed by atoms with Crippen LogP contribution in [0.1, 0.15) is 26.3 Å². The van der Waals surface area contributed by atoms with E-state index in [1.54, 1.807) is 0 Å². The summed E-state index contributed by atoms with van der Waals surface area (Å²) in [4.78, 5) is 4.28. The smallest absolute Gasteiger partial charge is 0.171 e. The maximum atomic E-state index is 6.44. The molecule has 0 spiro atoms. The second-order valence-corrected chi connectivity index (χ2v) is 11.4. The van der Waals surface area contributed by atoms with E-state index in [0.717, 1.165) is 16.6 Å². The van der Waals surface area contributed by atoms with Gasteiger partial charge in [0.15, 0.2) is 9.04 Å². The third kappa shape index (κ3) is 6.86. The van der Waals surface area contributed by atoms with Crippen LogP contribution in [0, 0.1) is 11.3 Å². The van der Waals surface area contributed by atoms with Crippen molar-refractivity contribution < 1.29 is 9.16 Å². The van der Waals surface area contributed by atoms with Crippen LogP contribution in [0.4, 0.5) is 0 Å². The Morgan fingerprint density at radius 1 is 1.12 bits per heavy atom. The highest BCUT2D eigenvalue weighted by Gasteiger charge is 2.34. The molecule has 3 nitrogen and oxygen atoms in total. The fraction of sp³-hybridized carbons (Fsp3) is 0.476. The van der Waals surface area contributed by atoms with Gasteiger partial charge in [0.05, 0.1) is 6.61 Å². The Labute approximate surface area is 168 Å². The van der Waals surface area contributed by atoms with Gasteiger partial charge in [-0.3, -0.25) is 4.98 Å². The molecule has 142 valence electrons. The minimum Gasteiger partial charge on any atom is -0.488 e. The van der Waals surface area contributed by atoms with Gasteiger partial charge in [0.2, 0.25) is 0 Å². The lowest BCUT2D eigenvalue weighted by molar-refractivity contribution is 0.0265. The molecule has 2 atom stereocenters. The first kappa shape index (κ1) is 21.1. The highest BCUT2D eigenvalue weighted by molar-refractivity contribution is 9.10. The second kappa shape index (κ2) is 9.67. The predicted molar refractivity (Wildman–Crippen MR) is 114 cm³/mol. The molecular formula is C21H30BrNO2Si. The average molecular weight is 436 g/mol. The molecule has 0 radical (unpaired) electrons. The maximum Gasteiger partial charge on any atom is 0.171 e. The van der Waals surface area contributed by atoms with Crippen molar-refractivity contribution in [1.82, 2.24) is 4.98 Å². The van der Waals surface area contributed by atoms with Crippen LogP contribution in [0.3, 0.4) is 0 Å². The van der Waals surface area contributed by atoms with Crippen LogP contribution in [-0.2, 0) is 10.8 Å². The van der Waals surface area contributed by atoms with E-state index in [4.69, 9.17) is 9.16 Å². The van der Waals surface area contributed by atoms with Gasteiger partial charge in [-0.2, -0.15) is 0 Å². The third-order valence-electron chi connectivity index (χ3n) is 4.43. The lowest BCUT2D eigenvalue weighted by Crippen LogP contribution is -2.41. The van der Waals surface area contributed by atoms with Gasteiger partial charge < -0.3 is 9.16 Å². The van der Waals surface area contributed by atoms with E-state index in [1.807, 2.05) is 42.7 Å². The monoisotopic (exact) mass is 435 g/mol. The summed E-state index contributed by atoms with van der Waals surface area (Å²) < 4.78 is 13.6. The van der Waals surface area contributed by atoms with Crippen LogP contribution in [0.25, 0.3) is 0 Å². The summed E-state index contributed by atoms with van der Waals surface area (Å²) >= 11 is 3.48. The highest BCUT2D eigenvalue weighted by Crippen LogP contribution is 2.34. The predicted octanol–water partition coefficient (Wildman–Crippen LogP) is 5.50. The molecule has 0 aliphatic carbocycles. The van der Waals surface area contributed by atoms with Gasteiger partial charge >= 0.3 is 0 Å². The Bertz CT molecular complexity index is 656. The van der Waals surface area contributed by atoms with E-state index < -0.39 is 9.04 Å². The largest absolute Gasteiger partial charge is 0.488 e. The Morgan fingerprint density at radius 3 is 2.35 bits per heavy atom. The molecule has 5 heteroatoms. The van der Waals surface area contributed by atoms with Gasteiger partial charge in [-0.15, -0.1) is 0 Å². The number of ether oxygens (including phenoxy) is 1. The van der Waals surface area contributed by atoms with E-state index in [1.165, 1.54) is 5.56 Å². The molecule has 0 aliphatic rings. The first-order valence-electron chi connectivity index (χ1n) is 9.18. The lowest BCUT2D eigenvalue weighted by atomic mass is 9.74. The number of benzene rings is 1. The molecule has 0 N–H and O–H groups in total. The summed E-state index contributed by atoms with van der Waals surface area (Å²) in [6.07, 6.45) is 4.68. The Balaban J connectivity index is 2.25. The molecule has 0 fully saturated rings. The molecule has 0 bridgehead atoms. The number of nitrogens with zero attached hydrogens (tertiary/aromatic N) is 1. The number of aromatic nitrogens is 1. The van der Waals surface area contributed by atoms with E-state index >= 15 is 0 Å². The zero-order valence-corrected chi connectivity index (χ0v) is 19.1. The molecule has 1 aromatic carbocycles. The van der Waals surface area contributed by atoms with Crippen LogP contribution in [0.2, 0.25) is 13.1 Å². The van der Waals surface area contributed by atoms with Crippen LogP contribution in [0.15, 0.2) is 53.3 Å². The maximum absolute atomic E-state index is 6.44. The number of pyridine rings is 1. The Hall–Kier alpha value is -1.17. The average Bonchev–Trinajstić information content (AvgIpc) is 2.58. The molecule has 2 rings (SSSR count). The molecule has 0 saturated heterocycles. The van der Waals surface area contributed by atoms with Crippen molar-refractivity contribution in [3.05, 3.63) is 58.8 Å². The number of halogens is 1. The quantitative estimate of drug-likeness (QED) is 0.513. The van der Waals surface area contributed by atoms with Gasteiger partial charge in [0.25, 0.3) is 0 Å². The van der Waals surface area contributed by atoms with Crippen LogP contribution < -0.4 is 4.74 Å². The Morgan fingerprint density at radius 2 is 1.81 bits per heavy atom. The second-order valence-electron chi connectivity index (χ2n) is 8.03. The molecule has 1 aromatic heterocycles. The molecule has 0 aliphatic heterocycles. The van der Waals surface area contributed by atoms with Crippen LogP contribution >= 0.6 is 15.9 Å². The first-order chi connectivity index (χ1) is 12.3. The van der Waals surface area contributed by atoms with Crippen molar-refractivity contribution in [1.29, 1.82) is 0 Å². The standard InChI is InChI=1S/C21H30BrNO2Si/c1-21(2,3)19(13-16-7-6-12-23-14-16)20(15-24-26(4)5)25-18-10-8-17(22)9-11-18/h6-12,14,19-20,26H,13,15H2,1-5H3/t19?,20-/m1/s1. The van der Waals surface area contributed by atoms with Crippen molar-refractivity contribution in [3.63, 3.8) is 0 Å². The molecule has 1 heterocycles. The van der Waals surface area contributed by atoms with E-state index in [9.17, 15) is 0 Å². The summed E-state index contributed by atoms with van der Waals surface area (Å²) in [5.41, 5.74) is 1.32. The van der Waals surface area contributed by atoms with E-state index in [0.29, 0.717) is 12.5 Å². The zero-order chi connectivity index (χ0) is 19.2. The lowest BCUT2D eigenvalue weighted by Gasteiger charge is -2.37. The van der Waals surface area contributed by atoms with Crippen molar-refractivity contribution in [2.24, 2.45) is 11.3 Å². The molecule has 0 saturated carbocycles. The molecular weight excluding hydrogens is 406 g/mol. The van der Waals surface area contributed by atoms with Crippen molar-refractivity contribution in [2.75, 3.05) is 6.61 Å². The number of hydrogen-bond donors (Lipinski definition) is 0. The fourth-order valence-electron chi connectivity index (χ4n) is 2.98. The van der Waals surface area contributed by atoms with E-state index in [-0.39, 0.29) is 11.5 Å². The van der Waals surface area contributed by atoms with Crippen LogP contribution in [-0.4, -0.2) is 26.7 Å². The van der Waals surface area contributed by atoms with Gasteiger partial charge in [-0.05, 0) is 60.8 Å². The normalized spacial score (nSPS) is 14.3. The molecule has 26 heavy (non-hydrogen) atoms. The van der Waals surface area contributed by atoms with Gasteiger partial charge in [0.1, 0.15) is 11.9 Å². The minimum absolute atomic E-state index is 0.00807. The fourth-order valence-corrected chi connectivity index (χ4v) is 3.81. The SMILES string of the molecule is C[SiH](C)OC[C@@H](Oc1ccc(Br)cc1)C(Cc1cccnc1)C(C)(C)C. The summed E-state index contributed by atoms with van der Waals surface area (Å²) in [6, 6.07) is 12.2. The van der Waals surface area contributed by atoms with Gasteiger partial charge in [-0.25, -0.2) is 0 Å². The number of rotatable bonds is 8. The highest BCUT2D eigenvalue weighted by atomic mass is 79.9. The van der Waals surface area contributed by atoms with Gasteiger partial charge in [0, 0.05) is 22.8 Å². The molecule has 2 aromatic rings. The van der Waals surface area contributed by atoms with E-state index in [2.05, 4.69) is 60.8 Å². The topological polar surface area (TPSA) is 31.4 Å². The summed E-state index contributed by atoms with van der Waals surface area (Å²) in [7, 11) is -1.12. The van der Waals surface area contributed by atoms with Crippen molar-refractivity contribution in [3.8, 4) is 5.75 Å². The van der Waals surface area contributed by atoms with Crippen molar-refractivity contribution in [2.45, 2.75) is 46.4 Å². The third-order valence-corrected chi connectivity index (χ3v) is 5.82. The molecule has 1 unspecified atom stereocenters. The van der Waals surface area contributed by atoms with Crippen molar-refractivity contribution >= 4 is 25.0 Å². The van der Waals surface area contributed by atoms with Crippen LogP contribution in [0.5, 0.6) is 5.75 Å². The summed E-state index contributed by atoms with van der Waals surface area (Å²) in [5, 5.41) is 0. The Kier molecular flexibility index (Phi) is 7.86. The van der Waals surface area contributed by atoms with Gasteiger partial charge in [-0.1, -0.05) is 42.8 Å².